The summed E-state index contributed by atoms with van der Waals surface area (Å²) < 4.78 is 1.91. The SMILES string of the molecule is CC(C)n1cnc2c(NN)nc(Cl)nc21. The predicted octanol–water partition coefficient (Wildman–Crippen LogP) is 1.35. The van der Waals surface area contributed by atoms with Gasteiger partial charge in [-0.2, -0.15) is 9.97 Å². The Morgan fingerprint density at radius 3 is 2.80 bits per heavy atom. The van der Waals surface area contributed by atoms with E-state index in [-0.39, 0.29) is 11.3 Å². The van der Waals surface area contributed by atoms with Gasteiger partial charge in [0.2, 0.25) is 5.28 Å². The van der Waals surface area contributed by atoms with E-state index in [2.05, 4.69) is 20.4 Å². The molecular formula is C8H11ClN6. The molecule has 0 amide bonds. The minimum absolute atomic E-state index is 0.151. The summed E-state index contributed by atoms with van der Waals surface area (Å²) in [5, 5.41) is 0.151. The number of nitrogens with zero attached hydrogens (tertiary/aromatic N) is 4. The molecule has 0 saturated carbocycles. The first-order valence-electron chi connectivity index (χ1n) is 4.50. The van der Waals surface area contributed by atoms with Gasteiger partial charge in [0, 0.05) is 6.04 Å². The zero-order chi connectivity index (χ0) is 11.0. The van der Waals surface area contributed by atoms with Crippen molar-refractivity contribution in [3.63, 3.8) is 0 Å². The molecule has 0 aliphatic rings. The molecule has 2 rings (SSSR count). The molecule has 7 heteroatoms. The number of imidazole rings is 1. The molecule has 0 bridgehead atoms. The largest absolute Gasteiger partial charge is 0.313 e. The van der Waals surface area contributed by atoms with Gasteiger partial charge in [0.1, 0.15) is 0 Å². The van der Waals surface area contributed by atoms with Crippen molar-refractivity contribution in [2.75, 3.05) is 5.43 Å². The highest BCUT2D eigenvalue weighted by Gasteiger charge is 2.12. The van der Waals surface area contributed by atoms with Gasteiger partial charge in [0.05, 0.1) is 6.33 Å². The summed E-state index contributed by atoms with van der Waals surface area (Å²) >= 11 is 5.78. The van der Waals surface area contributed by atoms with Crippen molar-refractivity contribution >= 4 is 28.6 Å². The van der Waals surface area contributed by atoms with Crippen molar-refractivity contribution in [2.24, 2.45) is 5.84 Å². The number of halogens is 1. The number of rotatable bonds is 2. The number of hydrazine groups is 1. The summed E-state index contributed by atoms with van der Waals surface area (Å²) in [6.45, 7) is 4.07. The third-order valence-corrected chi connectivity index (χ3v) is 2.26. The van der Waals surface area contributed by atoms with Gasteiger partial charge in [-0.15, -0.1) is 0 Å². The molecule has 0 aromatic carbocycles. The molecule has 2 heterocycles. The highest BCUT2D eigenvalue weighted by atomic mass is 35.5. The van der Waals surface area contributed by atoms with E-state index < -0.39 is 0 Å². The monoisotopic (exact) mass is 226 g/mol. The van der Waals surface area contributed by atoms with Crippen LogP contribution in [-0.4, -0.2) is 19.5 Å². The number of hydrogen-bond donors (Lipinski definition) is 2. The lowest BCUT2D eigenvalue weighted by atomic mass is 10.4. The number of aromatic nitrogens is 4. The Labute approximate surface area is 91.4 Å². The first-order valence-corrected chi connectivity index (χ1v) is 4.88. The van der Waals surface area contributed by atoms with Gasteiger partial charge in [-0.25, -0.2) is 10.8 Å². The molecule has 0 atom stereocenters. The molecule has 0 spiro atoms. The molecule has 6 nitrogen and oxygen atoms in total. The van der Waals surface area contributed by atoms with E-state index in [9.17, 15) is 0 Å². The van der Waals surface area contributed by atoms with E-state index in [1.54, 1.807) is 6.33 Å². The van der Waals surface area contributed by atoms with Crippen LogP contribution in [0.15, 0.2) is 6.33 Å². The highest BCUT2D eigenvalue weighted by Crippen LogP contribution is 2.22. The van der Waals surface area contributed by atoms with Crippen LogP contribution in [0, 0.1) is 0 Å². The minimum atomic E-state index is 0.151. The number of hydrogen-bond acceptors (Lipinski definition) is 5. The van der Waals surface area contributed by atoms with Crippen LogP contribution in [0.5, 0.6) is 0 Å². The van der Waals surface area contributed by atoms with Gasteiger partial charge in [0.25, 0.3) is 0 Å². The number of nitrogens with one attached hydrogen (secondary N) is 1. The molecule has 80 valence electrons. The minimum Gasteiger partial charge on any atom is -0.313 e. The smallest absolute Gasteiger partial charge is 0.226 e. The van der Waals surface area contributed by atoms with Crippen molar-refractivity contribution in [1.82, 2.24) is 19.5 Å². The van der Waals surface area contributed by atoms with Gasteiger partial charge in [-0.1, -0.05) is 0 Å². The Balaban J connectivity index is 2.75. The standard InChI is InChI=1S/C8H11ClN6/c1-4(2)15-3-11-5-6(14-10)12-8(9)13-7(5)15/h3-4H,10H2,1-2H3,(H,12,13,14). The number of nitrogens with two attached hydrogens (primary N) is 1. The normalized spacial score (nSPS) is 11.3. The zero-order valence-corrected chi connectivity index (χ0v) is 9.15. The summed E-state index contributed by atoms with van der Waals surface area (Å²) in [6.07, 6.45) is 1.70. The van der Waals surface area contributed by atoms with Gasteiger partial charge in [-0.05, 0) is 25.4 Å². The molecule has 2 aromatic rings. The first-order chi connectivity index (χ1) is 7.13. The van der Waals surface area contributed by atoms with E-state index in [1.165, 1.54) is 0 Å². The second-order valence-corrected chi connectivity index (χ2v) is 3.74. The van der Waals surface area contributed by atoms with Crippen LogP contribution in [0.3, 0.4) is 0 Å². The van der Waals surface area contributed by atoms with Crippen LogP contribution in [-0.2, 0) is 0 Å². The van der Waals surface area contributed by atoms with E-state index in [0.29, 0.717) is 17.0 Å². The predicted molar refractivity (Wildman–Crippen MR) is 58.5 cm³/mol. The molecule has 15 heavy (non-hydrogen) atoms. The molecule has 0 aliphatic heterocycles. The van der Waals surface area contributed by atoms with Crippen LogP contribution < -0.4 is 11.3 Å². The number of nitrogen functional groups attached to an aromatic ring is 1. The average Bonchev–Trinajstić information content (AvgIpc) is 2.59. The van der Waals surface area contributed by atoms with Gasteiger partial charge in [0.15, 0.2) is 17.0 Å². The maximum absolute atomic E-state index is 5.78. The van der Waals surface area contributed by atoms with Crippen LogP contribution in [0.1, 0.15) is 19.9 Å². The number of fused-ring (bicyclic) bond motifs is 1. The fourth-order valence-corrected chi connectivity index (χ4v) is 1.53. The maximum Gasteiger partial charge on any atom is 0.226 e. The quantitative estimate of drug-likeness (QED) is 0.459. The third kappa shape index (κ3) is 1.62. The van der Waals surface area contributed by atoms with Crippen molar-refractivity contribution in [3.05, 3.63) is 11.6 Å². The Hall–Kier alpha value is -1.40. The molecule has 0 saturated heterocycles. The first kappa shape index (κ1) is 10.1. The van der Waals surface area contributed by atoms with Crippen molar-refractivity contribution in [1.29, 1.82) is 0 Å². The summed E-state index contributed by atoms with van der Waals surface area (Å²) in [4.78, 5) is 12.2. The summed E-state index contributed by atoms with van der Waals surface area (Å²) in [5.74, 6) is 5.76. The van der Waals surface area contributed by atoms with E-state index in [4.69, 9.17) is 17.4 Å². The lowest BCUT2D eigenvalue weighted by Crippen LogP contribution is -2.10. The van der Waals surface area contributed by atoms with Crippen LogP contribution in [0.4, 0.5) is 5.82 Å². The van der Waals surface area contributed by atoms with E-state index in [0.717, 1.165) is 0 Å². The second kappa shape index (κ2) is 3.63. The third-order valence-electron chi connectivity index (χ3n) is 2.09. The molecule has 0 unspecified atom stereocenters. The van der Waals surface area contributed by atoms with Crippen LogP contribution in [0.25, 0.3) is 11.2 Å². The fraction of sp³-hybridized carbons (Fsp3) is 0.375. The molecule has 3 N–H and O–H groups in total. The maximum atomic E-state index is 5.78. The summed E-state index contributed by atoms with van der Waals surface area (Å²) in [6, 6.07) is 0.256. The molecule has 0 radical (unpaired) electrons. The number of anilines is 1. The zero-order valence-electron chi connectivity index (χ0n) is 8.40. The Morgan fingerprint density at radius 1 is 1.47 bits per heavy atom. The second-order valence-electron chi connectivity index (χ2n) is 3.40. The highest BCUT2D eigenvalue weighted by molar-refractivity contribution is 6.28. The van der Waals surface area contributed by atoms with Gasteiger partial charge < -0.3 is 9.99 Å². The van der Waals surface area contributed by atoms with Gasteiger partial charge >= 0.3 is 0 Å². The summed E-state index contributed by atoms with van der Waals surface area (Å²) in [7, 11) is 0. The van der Waals surface area contributed by atoms with E-state index >= 15 is 0 Å². The average molecular weight is 227 g/mol. The summed E-state index contributed by atoms with van der Waals surface area (Å²) in [5.41, 5.74) is 3.75. The van der Waals surface area contributed by atoms with Crippen molar-refractivity contribution in [3.8, 4) is 0 Å². The lowest BCUT2D eigenvalue weighted by Gasteiger charge is -2.07. The van der Waals surface area contributed by atoms with Crippen LogP contribution >= 0.6 is 11.6 Å². The molecule has 0 fully saturated rings. The Bertz CT molecular complexity index is 491. The Morgan fingerprint density at radius 2 is 2.20 bits per heavy atom. The molecule has 2 aromatic heterocycles. The van der Waals surface area contributed by atoms with Gasteiger partial charge in [-0.3, -0.25) is 0 Å². The Kier molecular flexibility index (Phi) is 2.45. The lowest BCUT2D eigenvalue weighted by molar-refractivity contribution is 0.612. The topological polar surface area (TPSA) is 81.7 Å². The molecule has 0 aliphatic carbocycles. The van der Waals surface area contributed by atoms with Crippen LogP contribution in [0.2, 0.25) is 5.28 Å². The van der Waals surface area contributed by atoms with Crippen molar-refractivity contribution in [2.45, 2.75) is 19.9 Å². The fourth-order valence-electron chi connectivity index (χ4n) is 1.37. The van der Waals surface area contributed by atoms with Crippen molar-refractivity contribution < 1.29 is 0 Å². The molecular weight excluding hydrogens is 216 g/mol. The van der Waals surface area contributed by atoms with E-state index in [1.807, 2.05) is 18.4 Å².